The van der Waals surface area contributed by atoms with Crippen LogP contribution in [0.2, 0.25) is 0 Å². The third kappa shape index (κ3) is 2.75. The molecule has 0 aromatic carbocycles. The number of piperidine rings is 1. The van der Waals surface area contributed by atoms with Crippen molar-refractivity contribution in [2.24, 2.45) is 5.92 Å². The minimum atomic E-state index is 0.514. The van der Waals surface area contributed by atoms with E-state index in [0.717, 1.165) is 19.5 Å². The zero-order chi connectivity index (χ0) is 13.0. The second-order valence-electron chi connectivity index (χ2n) is 5.36. The SMILES string of the molecule is CCCn1nccc1C1C(CNC)CCCN1C. The Morgan fingerprint density at radius 1 is 1.50 bits per heavy atom. The lowest BCUT2D eigenvalue weighted by atomic mass is 9.87. The number of hydrogen-bond acceptors (Lipinski definition) is 3. The minimum absolute atomic E-state index is 0.514. The summed E-state index contributed by atoms with van der Waals surface area (Å²) in [5, 5.41) is 7.82. The third-order valence-electron chi connectivity index (χ3n) is 3.96. The van der Waals surface area contributed by atoms with Crippen molar-refractivity contribution in [2.45, 2.75) is 38.8 Å². The van der Waals surface area contributed by atoms with E-state index in [1.54, 1.807) is 0 Å². The Morgan fingerprint density at radius 3 is 3.06 bits per heavy atom. The van der Waals surface area contributed by atoms with Gasteiger partial charge in [0.2, 0.25) is 0 Å². The maximum absolute atomic E-state index is 4.48. The summed E-state index contributed by atoms with van der Waals surface area (Å²) in [5.41, 5.74) is 1.39. The van der Waals surface area contributed by atoms with E-state index < -0.39 is 0 Å². The molecule has 2 heterocycles. The molecule has 1 N–H and O–H groups in total. The van der Waals surface area contributed by atoms with Gasteiger partial charge in [0.15, 0.2) is 0 Å². The van der Waals surface area contributed by atoms with Crippen molar-refractivity contribution in [2.75, 3.05) is 27.2 Å². The Morgan fingerprint density at radius 2 is 2.33 bits per heavy atom. The lowest BCUT2D eigenvalue weighted by Crippen LogP contribution is -2.41. The first-order valence-electron chi connectivity index (χ1n) is 7.14. The molecular formula is C14H26N4. The zero-order valence-electron chi connectivity index (χ0n) is 11.9. The Labute approximate surface area is 110 Å². The van der Waals surface area contributed by atoms with Crippen molar-refractivity contribution in [3.8, 4) is 0 Å². The topological polar surface area (TPSA) is 33.1 Å². The fourth-order valence-electron chi connectivity index (χ4n) is 3.20. The number of hydrogen-bond donors (Lipinski definition) is 1. The summed E-state index contributed by atoms with van der Waals surface area (Å²) in [7, 11) is 4.30. The van der Waals surface area contributed by atoms with Crippen LogP contribution in [0.1, 0.15) is 37.9 Å². The van der Waals surface area contributed by atoms with Gasteiger partial charge in [0.1, 0.15) is 0 Å². The van der Waals surface area contributed by atoms with E-state index in [0.29, 0.717) is 12.0 Å². The average Bonchev–Trinajstić information content (AvgIpc) is 2.78. The molecule has 18 heavy (non-hydrogen) atoms. The van der Waals surface area contributed by atoms with Crippen molar-refractivity contribution < 1.29 is 0 Å². The maximum atomic E-state index is 4.48. The molecule has 1 saturated heterocycles. The van der Waals surface area contributed by atoms with E-state index in [4.69, 9.17) is 0 Å². The van der Waals surface area contributed by atoms with Crippen molar-refractivity contribution in [1.29, 1.82) is 0 Å². The second kappa shape index (κ2) is 6.34. The van der Waals surface area contributed by atoms with Gasteiger partial charge in [-0.05, 0) is 58.4 Å². The molecule has 0 saturated carbocycles. The molecule has 1 aromatic heterocycles. The molecule has 4 heteroatoms. The fourth-order valence-corrected chi connectivity index (χ4v) is 3.20. The van der Waals surface area contributed by atoms with Crippen LogP contribution in [0.5, 0.6) is 0 Å². The van der Waals surface area contributed by atoms with Crippen LogP contribution in [-0.4, -0.2) is 41.9 Å². The number of likely N-dealkylation sites (tertiary alicyclic amines) is 1. The van der Waals surface area contributed by atoms with Crippen LogP contribution in [0.15, 0.2) is 12.3 Å². The first kappa shape index (κ1) is 13.6. The first-order valence-corrected chi connectivity index (χ1v) is 7.14. The van der Waals surface area contributed by atoms with Gasteiger partial charge >= 0.3 is 0 Å². The number of nitrogens with one attached hydrogen (secondary N) is 1. The normalized spacial score (nSPS) is 25.5. The summed E-state index contributed by atoms with van der Waals surface area (Å²) in [6.07, 6.45) is 5.71. The highest BCUT2D eigenvalue weighted by molar-refractivity contribution is 5.10. The fraction of sp³-hybridized carbons (Fsp3) is 0.786. The van der Waals surface area contributed by atoms with E-state index in [-0.39, 0.29) is 0 Å². The lowest BCUT2D eigenvalue weighted by molar-refractivity contribution is 0.113. The van der Waals surface area contributed by atoms with Crippen molar-refractivity contribution in [3.63, 3.8) is 0 Å². The summed E-state index contributed by atoms with van der Waals surface area (Å²) in [5.74, 6) is 0.695. The van der Waals surface area contributed by atoms with Gasteiger partial charge < -0.3 is 5.32 Å². The lowest BCUT2D eigenvalue weighted by Gasteiger charge is -2.39. The van der Waals surface area contributed by atoms with Gasteiger partial charge in [-0.15, -0.1) is 0 Å². The molecule has 1 fully saturated rings. The summed E-state index contributed by atoms with van der Waals surface area (Å²) in [4.78, 5) is 2.49. The van der Waals surface area contributed by atoms with Gasteiger partial charge in [-0.3, -0.25) is 9.58 Å². The summed E-state index contributed by atoms with van der Waals surface area (Å²) >= 11 is 0. The molecular weight excluding hydrogens is 224 g/mol. The zero-order valence-corrected chi connectivity index (χ0v) is 11.9. The van der Waals surface area contributed by atoms with E-state index in [9.17, 15) is 0 Å². The predicted molar refractivity (Wildman–Crippen MR) is 74.5 cm³/mol. The largest absolute Gasteiger partial charge is 0.319 e. The Hall–Kier alpha value is -0.870. The van der Waals surface area contributed by atoms with E-state index >= 15 is 0 Å². The van der Waals surface area contributed by atoms with Gasteiger partial charge in [0.05, 0.1) is 11.7 Å². The molecule has 1 aliphatic rings. The standard InChI is InChI=1S/C14H26N4/c1-4-9-18-13(7-8-16-18)14-12(11-15-2)6-5-10-17(14)3/h7-8,12,14-15H,4-6,9-11H2,1-3H3. The van der Waals surface area contributed by atoms with E-state index in [1.807, 2.05) is 6.20 Å². The van der Waals surface area contributed by atoms with Gasteiger partial charge in [0.25, 0.3) is 0 Å². The minimum Gasteiger partial charge on any atom is -0.319 e. The molecule has 0 radical (unpaired) electrons. The van der Waals surface area contributed by atoms with Gasteiger partial charge in [0, 0.05) is 12.7 Å². The van der Waals surface area contributed by atoms with Crippen molar-refractivity contribution in [3.05, 3.63) is 18.0 Å². The molecule has 0 spiro atoms. The van der Waals surface area contributed by atoms with Gasteiger partial charge in [-0.25, -0.2) is 0 Å². The predicted octanol–water partition coefficient (Wildman–Crippen LogP) is 1.90. The second-order valence-corrected chi connectivity index (χ2v) is 5.36. The number of rotatable bonds is 5. The first-order chi connectivity index (χ1) is 8.77. The van der Waals surface area contributed by atoms with Crippen LogP contribution >= 0.6 is 0 Å². The molecule has 0 amide bonds. The van der Waals surface area contributed by atoms with Gasteiger partial charge in [-0.2, -0.15) is 5.10 Å². The molecule has 1 aliphatic heterocycles. The third-order valence-corrected chi connectivity index (χ3v) is 3.96. The number of aromatic nitrogens is 2. The Balaban J connectivity index is 2.22. The molecule has 2 atom stereocenters. The van der Waals surface area contributed by atoms with Crippen molar-refractivity contribution >= 4 is 0 Å². The number of aryl methyl sites for hydroxylation is 1. The van der Waals surface area contributed by atoms with Gasteiger partial charge in [-0.1, -0.05) is 6.92 Å². The molecule has 0 aliphatic carbocycles. The molecule has 0 bridgehead atoms. The molecule has 4 nitrogen and oxygen atoms in total. The maximum Gasteiger partial charge on any atom is 0.0559 e. The molecule has 2 unspecified atom stereocenters. The highest BCUT2D eigenvalue weighted by Gasteiger charge is 2.31. The molecule has 1 aromatic rings. The highest BCUT2D eigenvalue weighted by Crippen LogP contribution is 2.34. The van der Waals surface area contributed by atoms with Crippen LogP contribution < -0.4 is 5.32 Å². The van der Waals surface area contributed by atoms with Crippen LogP contribution in [0.4, 0.5) is 0 Å². The summed E-state index contributed by atoms with van der Waals surface area (Å²) in [6.45, 7) is 5.52. The monoisotopic (exact) mass is 250 g/mol. The van der Waals surface area contributed by atoms with Crippen LogP contribution in [0.25, 0.3) is 0 Å². The van der Waals surface area contributed by atoms with Crippen LogP contribution in [0.3, 0.4) is 0 Å². The summed E-state index contributed by atoms with van der Waals surface area (Å²) < 4.78 is 2.19. The Bertz CT molecular complexity index is 358. The highest BCUT2D eigenvalue weighted by atomic mass is 15.3. The average molecular weight is 250 g/mol. The van der Waals surface area contributed by atoms with Crippen LogP contribution in [-0.2, 0) is 6.54 Å². The summed E-state index contributed by atoms with van der Waals surface area (Å²) in [6, 6.07) is 2.71. The number of nitrogens with zero attached hydrogens (tertiary/aromatic N) is 3. The molecule has 102 valence electrons. The van der Waals surface area contributed by atoms with E-state index in [1.165, 1.54) is 25.1 Å². The van der Waals surface area contributed by atoms with E-state index in [2.05, 4.69) is 47.1 Å². The quantitative estimate of drug-likeness (QED) is 0.866. The van der Waals surface area contributed by atoms with Crippen LogP contribution in [0, 0.1) is 5.92 Å². The Kier molecular flexibility index (Phi) is 4.78. The molecule has 2 rings (SSSR count). The smallest absolute Gasteiger partial charge is 0.0559 e. The van der Waals surface area contributed by atoms with Crippen molar-refractivity contribution in [1.82, 2.24) is 20.0 Å².